The summed E-state index contributed by atoms with van der Waals surface area (Å²) in [6.07, 6.45) is 2.71. The molecule has 1 aromatic rings. The lowest BCUT2D eigenvalue weighted by molar-refractivity contribution is 0.458. The smallest absolute Gasteiger partial charge is 0.191 e. The maximum Gasteiger partial charge on any atom is 0.191 e. The molecule has 20 heavy (non-hydrogen) atoms. The summed E-state index contributed by atoms with van der Waals surface area (Å²) in [5, 5.41) is 0. The minimum absolute atomic E-state index is 0. The Kier molecular flexibility index (Phi) is 8.02. The molecule has 1 aromatic heterocycles. The van der Waals surface area contributed by atoms with Crippen molar-refractivity contribution in [3.05, 3.63) is 24.0 Å². The summed E-state index contributed by atoms with van der Waals surface area (Å²) >= 11 is 0. The highest BCUT2D eigenvalue weighted by Crippen LogP contribution is 2.13. The fraction of sp³-hybridized carbons (Fsp3) is 0.500. The van der Waals surface area contributed by atoms with E-state index >= 15 is 0 Å². The van der Waals surface area contributed by atoms with Crippen LogP contribution in [-0.2, 0) is 16.4 Å². The van der Waals surface area contributed by atoms with Crippen LogP contribution in [0.3, 0.4) is 0 Å². The summed E-state index contributed by atoms with van der Waals surface area (Å²) in [4.78, 5) is 10.4. The lowest BCUT2D eigenvalue weighted by Crippen LogP contribution is -2.37. The van der Waals surface area contributed by atoms with Crippen LogP contribution in [0.15, 0.2) is 28.2 Å². The molecule has 0 spiro atoms. The zero-order valence-corrected chi connectivity index (χ0v) is 15.1. The van der Waals surface area contributed by atoms with Gasteiger partial charge < -0.3 is 10.6 Å². The van der Waals surface area contributed by atoms with Crippen LogP contribution in [0.5, 0.6) is 0 Å². The highest BCUT2D eigenvalue weighted by molar-refractivity contribution is 14.0. The largest absolute Gasteiger partial charge is 0.370 e. The third-order valence-electron chi connectivity index (χ3n) is 2.73. The van der Waals surface area contributed by atoms with Gasteiger partial charge in [-0.05, 0) is 26.0 Å². The van der Waals surface area contributed by atoms with Gasteiger partial charge in [0.1, 0.15) is 0 Å². The number of halogens is 1. The molecule has 6 nitrogen and oxygen atoms in total. The second kappa shape index (κ2) is 8.40. The Bertz CT molecular complexity index is 556. The van der Waals surface area contributed by atoms with Gasteiger partial charge in [-0.1, -0.05) is 0 Å². The van der Waals surface area contributed by atoms with Gasteiger partial charge in [0.25, 0.3) is 0 Å². The van der Waals surface area contributed by atoms with Crippen LogP contribution < -0.4 is 5.73 Å². The second-order valence-corrected chi connectivity index (χ2v) is 6.05. The van der Waals surface area contributed by atoms with E-state index in [4.69, 9.17) is 5.73 Å². The number of aliphatic imine (C=N–C) groups is 1. The van der Waals surface area contributed by atoms with Gasteiger partial charge in [0, 0.05) is 25.5 Å². The molecule has 0 amide bonds. The van der Waals surface area contributed by atoms with Crippen molar-refractivity contribution in [1.82, 2.24) is 9.88 Å². The molecule has 114 valence electrons. The Morgan fingerprint density at radius 1 is 1.40 bits per heavy atom. The topological polar surface area (TPSA) is 88.7 Å². The van der Waals surface area contributed by atoms with Crippen LogP contribution in [0, 0.1) is 0 Å². The van der Waals surface area contributed by atoms with Crippen molar-refractivity contribution in [2.45, 2.75) is 25.3 Å². The molecular weight excluding hydrogens is 391 g/mol. The number of guanidine groups is 1. The molecule has 0 bridgehead atoms. The quantitative estimate of drug-likeness (QED) is 0.447. The van der Waals surface area contributed by atoms with Crippen LogP contribution in [0.4, 0.5) is 0 Å². The van der Waals surface area contributed by atoms with Crippen LogP contribution in [-0.4, -0.2) is 43.6 Å². The van der Waals surface area contributed by atoms with E-state index in [0.29, 0.717) is 11.7 Å². The minimum atomic E-state index is -3.30. The molecule has 8 heteroatoms. The zero-order valence-electron chi connectivity index (χ0n) is 11.9. The maximum atomic E-state index is 11.6. The lowest BCUT2D eigenvalue weighted by Gasteiger charge is -2.19. The van der Waals surface area contributed by atoms with Crippen molar-refractivity contribution >= 4 is 39.8 Å². The maximum absolute atomic E-state index is 11.6. The van der Waals surface area contributed by atoms with E-state index in [0.717, 1.165) is 19.3 Å². The molecule has 0 aliphatic heterocycles. The molecule has 0 aliphatic carbocycles. The summed E-state index contributed by atoms with van der Waals surface area (Å²) < 4.78 is 23.2. The Morgan fingerprint density at radius 2 is 2.00 bits per heavy atom. The fourth-order valence-electron chi connectivity index (χ4n) is 1.68. The van der Waals surface area contributed by atoms with E-state index in [1.165, 1.54) is 6.07 Å². The number of rotatable bonds is 5. The lowest BCUT2D eigenvalue weighted by atomic mass is 10.3. The SMILES string of the molecule is CCN(CC)C(N)=NCc1ncccc1S(C)(=O)=O.I. The Balaban J connectivity index is 0.00000361. The van der Waals surface area contributed by atoms with Crippen molar-refractivity contribution in [2.24, 2.45) is 10.7 Å². The first-order valence-corrected chi connectivity index (χ1v) is 7.98. The van der Waals surface area contributed by atoms with E-state index in [1.54, 1.807) is 12.3 Å². The predicted molar refractivity (Wildman–Crippen MR) is 91.0 cm³/mol. The minimum Gasteiger partial charge on any atom is -0.370 e. The summed E-state index contributed by atoms with van der Waals surface area (Å²) in [7, 11) is -3.30. The van der Waals surface area contributed by atoms with Gasteiger partial charge in [-0.2, -0.15) is 0 Å². The van der Waals surface area contributed by atoms with Crippen LogP contribution in [0.2, 0.25) is 0 Å². The summed E-state index contributed by atoms with van der Waals surface area (Å²) in [6.45, 7) is 5.63. The van der Waals surface area contributed by atoms with Gasteiger partial charge in [0.15, 0.2) is 15.8 Å². The van der Waals surface area contributed by atoms with Crippen LogP contribution >= 0.6 is 24.0 Å². The number of nitrogens with two attached hydrogens (primary N) is 1. The van der Waals surface area contributed by atoms with E-state index in [1.807, 2.05) is 18.7 Å². The number of hydrogen-bond donors (Lipinski definition) is 1. The highest BCUT2D eigenvalue weighted by Gasteiger charge is 2.13. The van der Waals surface area contributed by atoms with Crippen molar-refractivity contribution in [3.63, 3.8) is 0 Å². The average molecular weight is 412 g/mol. The van der Waals surface area contributed by atoms with Crippen LogP contribution in [0.1, 0.15) is 19.5 Å². The highest BCUT2D eigenvalue weighted by atomic mass is 127. The number of nitrogens with zero attached hydrogens (tertiary/aromatic N) is 3. The van der Waals surface area contributed by atoms with Gasteiger partial charge >= 0.3 is 0 Å². The first-order valence-electron chi connectivity index (χ1n) is 6.09. The molecule has 0 radical (unpaired) electrons. The average Bonchev–Trinajstić information content (AvgIpc) is 2.37. The molecule has 1 heterocycles. The standard InChI is InChI=1S/C12H20N4O2S.HI/c1-4-16(5-2)12(13)15-9-10-11(19(3,17)18)7-6-8-14-10;/h6-8H,4-5,9H2,1-3H3,(H2,13,15);1H. The normalized spacial score (nSPS) is 11.8. The molecular formula is C12H21IN4O2S. The van der Waals surface area contributed by atoms with E-state index in [-0.39, 0.29) is 35.4 Å². The van der Waals surface area contributed by atoms with E-state index in [9.17, 15) is 8.42 Å². The first-order chi connectivity index (χ1) is 8.90. The van der Waals surface area contributed by atoms with Crippen molar-refractivity contribution < 1.29 is 8.42 Å². The van der Waals surface area contributed by atoms with Gasteiger partial charge in [-0.3, -0.25) is 4.98 Å². The van der Waals surface area contributed by atoms with Gasteiger partial charge in [-0.25, -0.2) is 13.4 Å². The number of aromatic nitrogens is 1. The predicted octanol–water partition coefficient (Wildman–Crippen LogP) is 1.26. The van der Waals surface area contributed by atoms with Crippen molar-refractivity contribution in [1.29, 1.82) is 0 Å². The second-order valence-electron chi connectivity index (χ2n) is 4.07. The molecule has 0 saturated heterocycles. The third kappa shape index (κ3) is 5.23. The zero-order chi connectivity index (χ0) is 14.5. The summed E-state index contributed by atoms with van der Waals surface area (Å²) in [5.74, 6) is 0.398. The molecule has 0 fully saturated rings. The Labute approximate surface area is 137 Å². The van der Waals surface area contributed by atoms with Gasteiger partial charge in [0.2, 0.25) is 0 Å². The van der Waals surface area contributed by atoms with Crippen molar-refractivity contribution in [2.75, 3.05) is 19.3 Å². The number of sulfone groups is 1. The Hall–Kier alpha value is -0.900. The molecule has 0 aliphatic rings. The summed E-state index contributed by atoms with van der Waals surface area (Å²) in [5.41, 5.74) is 6.26. The number of pyridine rings is 1. The first kappa shape index (κ1) is 19.1. The fourth-order valence-corrected chi connectivity index (χ4v) is 2.55. The molecule has 1 rings (SSSR count). The monoisotopic (exact) mass is 412 g/mol. The van der Waals surface area contributed by atoms with E-state index < -0.39 is 9.84 Å². The Morgan fingerprint density at radius 3 is 2.50 bits per heavy atom. The molecule has 0 saturated carbocycles. The van der Waals surface area contributed by atoms with Crippen molar-refractivity contribution in [3.8, 4) is 0 Å². The third-order valence-corrected chi connectivity index (χ3v) is 3.90. The van der Waals surface area contributed by atoms with E-state index in [2.05, 4.69) is 9.98 Å². The molecule has 0 atom stereocenters. The summed E-state index contributed by atoms with van der Waals surface area (Å²) in [6, 6.07) is 3.12. The van der Waals surface area contributed by atoms with Gasteiger partial charge in [-0.15, -0.1) is 24.0 Å². The number of hydrogen-bond acceptors (Lipinski definition) is 4. The molecule has 0 unspecified atom stereocenters. The van der Waals surface area contributed by atoms with Gasteiger partial charge in [0.05, 0.1) is 17.1 Å². The molecule has 2 N–H and O–H groups in total. The molecule has 0 aromatic carbocycles. The van der Waals surface area contributed by atoms with Crippen LogP contribution in [0.25, 0.3) is 0 Å².